The largest absolute Gasteiger partial charge is 0.487 e. The van der Waals surface area contributed by atoms with Crippen molar-refractivity contribution in [2.24, 2.45) is 5.18 Å². The van der Waals surface area contributed by atoms with E-state index < -0.39 is 0 Å². The molecule has 0 atom stereocenters. The Kier molecular flexibility index (Phi) is 5.40. The van der Waals surface area contributed by atoms with E-state index in [0.717, 1.165) is 17.7 Å². The van der Waals surface area contributed by atoms with E-state index in [1.165, 1.54) is 12.1 Å². The molecule has 0 heterocycles. The summed E-state index contributed by atoms with van der Waals surface area (Å²) in [5, 5.41) is 6.18. The van der Waals surface area contributed by atoms with Gasteiger partial charge in [-0.1, -0.05) is 25.1 Å². The number of hydrogen-bond acceptors (Lipinski definition) is 4. The topological polar surface area (TPSA) is 50.7 Å². The molecule has 110 valence electrons. The van der Waals surface area contributed by atoms with Crippen molar-refractivity contribution < 1.29 is 9.13 Å². The van der Waals surface area contributed by atoms with Gasteiger partial charge in [0, 0.05) is 6.54 Å². The third kappa shape index (κ3) is 4.36. The van der Waals surface area contributed by atoms with E-state index >= 15 is 0 Å². The molecule has 21 heavy (non-hydrogen) atoms. The number of halogens is 1. The van der Waals surface area contributed by atoms with Gasteiger partial charge in [-0.3, -0.25) is 0 Å². The van der Waals surface area contributed by atoms with Crippen molar-refractivity contribution >= 4 is 5.69 Å². The first-order chi connectivity index (χ1) is 10.2. The van der Waals surface area contributed by atoms with Crippen LogP contribution in [-0.2, 0) is 13.2 Å². The number of nitrogens with zero attached hydrogens (tertiary/aromatic N) is 1. The second-order valence-corrected chi connectivity index (χ2v) is 4.59. The highest BCUT2D eigenvalue weighted by Crippen LogP contribution is 2.29. The molecule has 0 bridgehead atoms. The zero-order chi connectivity index (χ0) is 15.1. The molecular weight excluding hydrogens is 271 g/mol. The molecule has 0 radical (unpaired) electrons. The first-order valence-electron chi connectivity index (χ1n) is 6.77. The van der Waals surface area contributed by atoms with Gasteiger partial charge >= 0.3 is 0 Å². The number of rotatable bonds is 7. The second kappa shape index (κ2) is 7.50. The molecule has 0 aliphatic rings. The maximum atomic E-state index is 12.8. The number of nitroso groups, excluding NO2 is 1. The van der Waals surface area contributed by atoms with Crippen LogP contribution in [0.3, 0.4) is 0 Å². The smallest absolute Gasteiger partial charge is 0.150 e. The van der Waals surface area contributed by atoms with Gasteiger partial charge in [0.25, 0.3) is 0 Å². The Morgan fingerprint density at radius 3 is 2.52 bits per heavy atom. The monoisotopic (exact) mass is 288 g/mol. The average molecular weight is 288 g/mol. The van der Waals surface area contributed by atoms with E-state index in [9.17, 15) is 9.30 Å². The van der Waals surface area contributed by atoms with E-state index in [1.807, 2.05) is 13.0 Å². The SMILES string of the molecule is CCNCc1ccc(OCc2ccc(F)cc2)c(N=O)c1. The molecule has 0 amide bonds. The fraction of sp³-hybridized carbons (Fsp3) is 0.250. The molecule has 1 N–H and O–H groups in total. The van der Waals surface area contributed by atoms with Gasteiger partial charge in [-0.15, -0.1) is 4.91 Å². The van der Waals surface area contributed by atoms with E-state index in [-0.39, 0.29) is 18.1 Å². The molecule has 0 unspecified atom stereocenters. The highest BCUT2D eigenvalue weighted by Gasteiger charge is 2.06. The summed E-state index contributed by atoms with van der Waals surface area (Å²) in [7, 11) is 0. The highest BCUT2D eigenvalue weighted by molar-refractivity contribution is 5.53. The maximum absolute atomic E-state index is 12.8. The first-order valence-corrected chi connectivity index (χ1v) is 6.77. The number of ether oxygens (including phenoxy) is 1. The first kappa shape index (κ1) is 15.1. The van der Waals surface area contributed by atoms with E-state index in [4.69, 9.17) is 4.74 Å². The molecule has 0 aliphatic carbocycles. The summed E-state index contributed by atoms with van der Waals surface area (Å²) < 4.78 is 18.4. The lowest BCUT2D eigenvalue weighted by Gasteiger charge is -2.09. The number of benzene rings is 2. The summed E-state index contributed by atoms with van der Waals surface area (Å²) in [5.41, 5.74) is 2.07. The average Bonchev–Trinajstić information content (AvgIpc) is 2.52. The molecule has 2 aromatic rings. The Morgan fingerprint density at radius 1 is 1.14 bits per heavy atom. The lowest BCUT2D eigenvalue weighted by Crippen LogP contribution is -2.11. The molecule has 2 aromatic carbocycles. The van der Waals surface area contributed by atoms with Gasteiger partial charge in [-0.05, 0) is 47.1 Å². The summed E-state index contributed by atoms with van der Waals surface area (Å²) in [6, 6.07) is 11.3. The van der Waals surface area contributed by atoms with Gasteiger partial charge in [-0.2, -0.15) is 0 Å². The van der Waals surface area contributed by atoms with Gasteiger partial charge in [0.05, 0.1) is 0 Å². The van der Waals surface area contributed by atoms with Gasteiger partial charge in [0.2, 0.25) is 0 Å². The Hall–Kier alpha value is -2.27. The second-order valence-electron chi connectivity index (χ2n) is 4.59. The van der Waals surface area contributed by atoms with E-state index in [2.05, 4.69) is 10.5 Å². The third-order valence-corrected chi connectivity index (χ3v) is 3.01. The van der Waals surface area contributed by atoms with Crippen LogP contribution in [0.25, 0.3) is 0 Å². The minimum Gasteiger partial charge on any atom is -0.487 e. The molecule has 0 fully saturated rings. The van der Waals surface area contributed by atoms with Crippen LogP contribution in [0.1, 0.15) is 18.1 Å². The van der Waals surface area contributed by atoms with Crippen LogP contribution in [0.2, 0.25) is 0 Å². The lowest BCUT2D eigenvalue weighted by molar-refractivity contribution is 0.307. The predicted octanol–water partition coefficient (Wildman–Crippen LogP) is 3.91. The summed E-state index contributed by atoms with van der Waals surface area (Å²) in [6.45, 7) is 3.80. The van der Waals surface area contributed by atoms with Crippen molar-refractivity contribution in [3.05, 3.63) is 64.3 Å². The Labute approximate surface area is 122 Å². The van der Waals surface area contributed by atoms with Crippen molar-refractivity contribution in [2.45, 2.75) is 20.1 Å². The van der Waals surface area contributed by atoms with Crippen molar-refractivity contribution in [1.82, 2.24) is 5.32 Å². The third-order valence-electron chi connectivity index (χ3n) is 3.01. The Morgan fingerprint density at radius 2 is 1.86 bits per heavy atom. The van der Waals surface area contributed by atoms with Crippen LogP contribution in [0.5, 0.6) is 5.75 Å². The summed E-state index contributed by atoms with van der Waals surface area (Å²) >= 11 is 0. The predicted molar refractivity (Wildman–Crippen MR) is 80.0 cm³/mol. The van der Waals surface area contributed by atoms with Gasteiger partial charge < -0.3 is 10.1 Å². The van der Waals surface area contributed by atoms with Crippen LogP contribution in [0.15, 0.2) is 47.6 Å². The van der Waals surface area contributed by atoms with Crippen LogP contribution in [0, 0.1) is 10.7 Å². The van der Waals surface area contributed by atoms with Crippen molar-refractivity contribution in [1.29, 1.82) is 0 Å². The Balaban J connectivity index is 2.05. The highest BCUT2D eigenvalue weighted by atomic mass is 19.1. The lowest BCUT2D eigenvalue weighted by atomic mass is 10.2. The van der Waals surface area contributed by atoms with E-state index in [1.54, 1.807) is 24.3 Å². The van der Waals surface area contributed by atoms with Crippen molar-refractivity contribution in [3.8, 4) is 5.75 Å². The van der Waals surface area contributed by atoms with Gasteiger partial charge in [0.15, 0.2) is 0 Å². The zero-order valence-corrected chi connectivity index (χ0v) is 11.8. The maximum Gasteiger partial charge on any atom is 0.150 e. The number of nitrogens with one attached hydrogen (secondary N) is 1. The van der Waals surface area contributed by atoms with Crippen LogP contribution in [0.4, 0.5) is 10.1 Å². The van der Waals surface area contributed by atoms with Crippen molar-refractivity contribution in [3.63, 3.8) is 0 Å². The minimum atomic E-state index is -0.290. The molecule has 0 aromatic heterocycles. The molecule has 0 spiro atoms. The van der Waals surface area contributed by atoms with E-state index in [0.29, 0.717) is 12.3 Å². The molecule has 4 nitrogen and oxygen atoms in total. The molecule has 0 saturated heterocycles. The van der Waals surface area contributed by atoms with Crippen LogP contribution >= 0.6 is 0 Å². The van der Waals surface area contributed by atoms with Crippen LogP contribution in [-0.4, -0.2) is 6.54 Å². The zero-order valence-electron chi connectivity index (χ0n) is 11.8. The molecular formula is C16H17FN2O2. The van der Waals surface area contributed by atoms with Crippen molar-refractivity contribution in [2.75, 3.05) is 6.54 Å². The fourth-order valence-corrected chi connectivity index (χ4v) is 1.88. The van der Waals surface area contributed by atoms with Gasteiger partial charge in [-0.25, -0.2) is 4.39 Å². The standard InChI is InChI=1S/C16H17FN2O2/c1-2-18-10-13-5-8-16(15(9-13)19-20)21-11-12-3-6-14(17)7-4-12/h3-9,18H,2,10-11H2,1H3. The molecule has 2 rings (SSSR count). The molecule has 0 aliphatic heterocycles. The normalized spacial score (nSPS) is 10.4. The molecule has 5 heteroatoms. The fourth-order valence-electron chi connectivity index (χ4n) is 1.88. The molecule has 0 saturated carbocycles. The van der Waals surface area contributed by atoms with Gasteiger partial charge in [0.1, 0.15) is 23.9 Å². The number of hydrogen-bond donors (Lipinski definition) is 1. The Bertz CT molecular complexity index is 600. The summed E-state index contributed by atoms with van der Waals surface area (Å²) in [5.74, 6) is 0.136. The quantitative estimate of drug-likeness (QED) is 0.786. The minimum absolute atomic E-state index is 0.259. The summed E-state index contributed by atoms with van der Waals surface area (Å²) in [4.78, 5) is 10.9. The van der Waals surface area contributed by atoms with Crippen LogP contribution < -0.4 is 10.1 Å². The summed E-state index contributed by atoms with van der Waals surface area (Å²) in [6.07, 6.45) is 0.